The average Bonchev–Trinajstić information content (AvgIpc) is 3.13. The first-order valence-electron chi connectivity index (χ1n) is 8.65. The molecule has 0 aliphatic carbocycles. The maximum atomic E-state index is 12.4. The van der Waals surface area contributed by atoms with Gasteiger partial charge in [0.05, 0.1) is 16.7 Å². The largest absolute Gasteiger partial charge is 0.344 e. The molecule has 0 saturated carbocycles. The second kappa shape index (κ2) is 6.94. The second-order valence-electron chi connectivity index (χ2n) is 7.31. The third-order valence-corrected chi connectivity index (χ3v) is 7.87. The van der Waals surface area contributed by atoms with Crippen LogP contribution in [0.3, 0.4) is 0 Å². The SMILES string of the molecule is CCCCc1nc(Cl)c(CN2C[C@H]3[C@H](N(C)C)CS(=O)(=O)[C@H]3C2)[nH]1. The van der Waals surface area contributed by atoms with Crippen molar-refractivity contribution < 1.29 is 8.42 Å². The zero-order chi connectivity index (χ0) is 17.5. The number of rotatable bonds is 6. The van der Waals surface area contributed by atoms with Crippen LogP contribution >= 0.6 is 11.6 Å². The number of likely N-dealkylation sites (tertiary alicyclic amines) is 1. The van der Waals surface area contributed by atoms with E-state index in [4.69, 9.17) is 11.6 Å². The topological polar surface area (TPSA) is 69.3 Å². The van der Waals surface area contributed by atoms with Crippen LogP contribution < -0.4 is 0 Å². The molecule has 3 heterocycles. The highest BCUT2D eigenvalue weighted by Gasteiger charge is 2.52. The molecule has 3 atom stereocenters. The lowest BCUT2D eigenvalue weighted by Crippen LogP contribution is -2.37. The lowest BCUT2D eigenvalue weighted by atomic mass is 10.00. The molecule has 2 aliphatic rings. The van der Waals surface area contributed by atoms with Crippen molar-refractivity contribution in [3.63, 3.8) is 0 Å². The molecule has 136 valence electrons. The Morgan fingerprint density at radius 3 is 2.79 bits per heavy atom. The maximum Gasteiger partial charge on any atom is 0.156 e. The maximum absolute atomic E-state index is 12.4. The molecule has 2 fully saturated rings. The van der Waals surface area contributed by atoms with Gasteiger partial charge in [-0.15, -0.1) is 0 Å². The van der Waals surface area contributed by atoms with Crippen molar-refractivity contribution in [1.82, 2.24) is 19.8 Å². The zero-order valence-electron chi connectivity index (χ0n) is 14.6. The fourth-order valence-corrected chi connectivity index (χ4v) is 6.72. The van der Waals surface area contributed by atoms with Gasteiger partial charge in [-0.25, -0.2) is 13.4 Å². The van der Waals surface area contributed by atoms with Gasteiger partial charge in [0.15, 0.2) is 15.0 Å². The number of aromatic amines is 1. The minimum absolute atomic E-state index is 0.113. The van der Waals surface area contributed by atoms with E-state index in [1.54, 1.807) is 0 Å². The van der Waals surface area contributed by atoms with Gasteiger partial charge in [-0.1, -0.05) is 24.9 Å². The number of nitrogens with zero attached hydrogens (tertiary/aromatic N) is 3. The number of hydrogen-bond donors (Lipinski definition) is 1. The van der Waals surface area contributed by atoms with Crippen molar-refractivity contribution in [2.75, 3.05) is 32.9 Å². The average molecular weight is 375 g/mol. The summed E-state index contributed by atoms with van der Waals surface area (Å²) in [4.78, 5) is 12.0. The molecule has 1 N–H and O–H groups in total. The molecular formula is C16H27ClN4O2S. The van der Waals surface area contributed by atoms with Crippen molar-refractivity contribution in [2.24, 2.45) is 5.92 Å². The third kappa shape index (κ3) is 3.49. The predicted molar refractivity (Wildman–Crippen MR) is 96.0 cm³/mol. The molecule has 0 spiro atoms. The molecule has 1 aromatic heterocycles. The normalized spacial score (nSPS) is 29.5. The molecule has 0 amide bonds. The zero-order valence-corrected chi connectivity index (χ0v) is 16.2. The van der Waals surface area contributed by atoms with Crippen LogP contribution in [0.25, 0.3) is 0 Å². The molecule has 0 unspecified atom stereocenters. The Labute approximate surface area is 149 Å². The number of imidazole rings is 1. The van der Waals surface area contributed by atoms with Gasteiger partial charge in [0.25, 0.3) is 0 Å². The van der Waals surface area contributed by atoms with E-state index in [0.717, 1.165) is 37.3 Å². The van der Waals surface area contributed by atoms with Crippen LogP contribution in [0.2, 0.25) is 5.15 Å². The Hall–Kier alpha value is -0.630. The van der Waals surface area contributed by atoms with E-state index >= 15 is 0 Å². The van der Waals surface area contributed by atoms with Gasteiger partial charge < -0.3 is 9.88 Å². The molecule has 6 nitrogen and oxygen atoms in total. The number of unbranched alkanes of at least 4 members (excludes halogenated alkanes) is 1. The van der Waals surface area contributed by atoms with Gasteiger partial charge in [-0.05, 0) is 20.5 Å². The number of nitrogens with one attached hydrogen (secondary N) is 1. The number of aryl methyl sites for hydroxylation is 1. The van der Waals surface area contributed by atoms with E-state index in [9.17, 15) is 8.42 Å². The monoisotopic (exact) mass is 374 g/mol. The van der Waals surface area contributed by atoms with E-state index in [1.807, 2.05) is 14.1 Å². The standard InChI is InChI=1S/C16H27ClN4O2S/c1-4-5-6-15-18-12(16(17)19-15)8-21-7-11-13(20(2)3)10-24(22,23)14(11)9-21/h11,13-14H,4-10H2,1-3H3,(H,18,19)/t11-,13+,14-/m0/s1. The first kappa shape index (κ1) is 18.2. The van der Waals surface area contributed by atoms with E-state index in [0.29, 0.717) is 18.2 Å². The quantitative estimate of drug-likeness (QED) is 0.818. The summed E-state index contributed by atoms with van der Waals surface area (Å²) in [6.45, 7) is 4.18. The van der Waals surface area contributed by atoms with E-state index < -0.39 is 9.84 Å². The minimum atomic E-state index is -3.00. The summed E-state index contributed by atoms with van der Waals surface area (Å²) < 4.78 is 24.9. The van der Waals surface area contributed by atoms with Gasteiger partial charge in [-0.3, -0.25) is 4.90 Å². The number of hydrogen-bond acceptors (Lipinski definition) is 5. The number of H-pyrrole nitrogens is 1. The molecule has 0 radical (unpaired) electrons. The lowest BCUT2D eigenvalue weighted by molar-refractivity contribution is 0.229. The van der Waals surface area contributed by atoms with Crippen LogP contribution in [0, 0.1) is 5.92 Å². The lowest BCUT2D eigenvalue weighted by Gasteiger charge is -2.24. The highest BCUT2D eigenvalue weighted by atomic mass is 35.5. The van der Waals surface area contributed by atoms with Gasteiger partial charge in [0, 0.05) is 38.0 Å². The Balaban J connectivity index is 1.69. The minimum Gasteiger partial charge on any atom is -0.344 e. The van der Waals surface area contributed by atoms with Crippen LogP contribution in [0.15, 0.2) is 0 Å². The Morgan fingerprint density at radius 1 is 1.38 bits per heavy atom. The molecule has 0 aromatic carbocycles. The van der Waals surface area contributed by atoms with Crippen molar-refractivity contribution in [1.29, 1.82) is 0 Å². The van der Waals surface area contributed by atoms with Crippen LogP contribution in [0.4, 0.5) is 0 Å². The van der Waals surface area contributed by atoms with Crippen molar-refractivity contribution in [2.45, 2.75) is 44.0 Å². The molecule has 3 rings (SSSR count). The summed E-state index contributed by atoms with van der Waals surface area (Å²) in [5, 5.41) is 0.274. The van der Waals surface area contributed by atoms with Crippen LogP contribution in [0.1, 0.15) is 31.3 Å². The summed E-state index contributed by atoms with van der Waals surface area (Å²) in [6.07, 6.45) is 3.10. The predicted octanol–water partition coefficient (Wildman–Crippen LogP) is 1.56. The highest BCUT2D eigenvalue weighted by Crippen LogP contribution is 2.36. The van der Waals surface area contributed by atoms with Gasteiger partial charge >= 0.3 is 0 Å². The molecular weight excluding hydrogens is 348 g/mol. The van der Waals surface area contributed by atoms with Crippen molar-refractivity contribution in [3.8, 4) is 0 Å². The summed E-state index contributed by atoms with van der Waals surface area (Å²) in [6, 6.07) is 0.113. The summed E-state index contributed by atoms with van der Waals surface area (Å²) in [7, 11) is 0.936. The third-order valence-electron chi connectivity index (χ3n) is 5.33. The molecule has 2 aliphatic heterocycles. The van der Waals surface area contributed by atoms with Crippen LogP contribution in [-0.2, 0) is 22.8 Å². The first-order chi connectivity index (χ1) is 11.3. The molecule has 24 heavy (non-hydrogen) atoms. The fraction of sp³-hybridized carbons (Fsp3) is 0.812. The summed E-state index contributed by atoms with van der Waals surface area (Å²) in [5.74, 6) is 1.40. The molecule has 8 heteroatoms. The Bertz CT molecular complexity index is 688. The van der Waals surface area contributed by atoms with Gasteiger partial charge in [0.1, 0.15) is 5.82 Å². The fourth-order valence-electron chi connectivity index (χ4n) is 4.01. The Kier molecular flexibility index (Phi) is 5.25. The van der Waals surface area contributed by atoms with E-state index in [1.165, 1.54) is 0 Å². The van der Waals surface area contributed by atoms with E-state index in [2.05, 4.69) is 26.7 Å². The number of fused-ring (bicyclic) bond motifs is 1. The highest BCUT2D eigenvalue weighted by molar-refractivity contribution is 7.92. The van der Waals surface area contributed by atoms with Crippen molar-refractivity contribution >= 4 is 21.4 Å². The summed E-state index contributed by atoms with van der Waals surface area (Å²) >= 11 is 6.26. The molecule has 1 aromatic rings. The molecule has 2 saturated heterocycles. The first-order valence-corrected chi connectivity index (χ1v) is 10.7. The smallest absolute Gasteiger partial charge is 0.156 e. The van der Waals surface area contributed by atoms with Crippen molar-refractivity contribution in [3.05, 3.63) is 16.7 Å². The number of sulfone groups is 1. The van der Waals surface area contributed by atoms with E-state index in [-0.39, 0.29) is 23.0 Å². The summed E-state index contributed by atoms with van der Waals surface area (Å²) in [5.41, 5.74) is 0.904. The van der Waals surface area contributed by atoms with Crippen LogP contribution in [-0.4, -0.2) is 72.4 Å². The second-order valence-corrected chi connectivity index (χ2v) is 9.94. The van der Waals surface area contributed by atoms with Crippen LogP contribution in [0.5, 0.6) is 0 Å². The molecule has 0 bridgehead atoms. The number of aromatic nitrogens is 2. The Morgan fingerprint density at radius 2 is 2.12 bits per heavy atom. The van der Waals surface area contributed by atoms with Gasteiger partial charge in [0.2, 0.25) is 0 Å². The number of halogens is 1. The van der Waals surface area contributed by atoms with Gasteiger partial charge in [-0.2, -0.15) is 0 Å².